The fourth-order valence-electron chi connectivity index (χ4n) is 3.91. The van der Waals surface area contributed by atoms with E-state index in [1.165, 1.54) is 14.2 Å². The van der Waals surface area contributed by atoms with Crippen molar-refractivity contribution < 1.29 is 33.3 Å². The molecule has 1 aliphatic rings. The minimum absolute atomic E-state index is 0.290. The van der Waals surface area contributed by atoms with E-state index in [9.17, 15) is 9.59 Å². The van der Waals surface area contributed by atoms with Crippen LogP contribution in [0, 0.1) is 0 Å². The Morgan fingerprint density at radius 1 is 0.824 bits per heavy atom. The fourth-order valence-corrected chi connectivity index (χ4v) is 3.91. The maximum Gasteiger partial charge on any atom is 0.336 e. The first-order valence-corrected chi connectivity index (χ1v) is 10.8. The van der Waals surface area contributed by atoms with Gasteiger partial charge in [0.25, 0.3) is 0 Å². The molecule has 0 amide bonds. The second kappa shape index (κ2) is 11.3. The molecule has 1 heterocycles. The van der Waals surface area contributed by atoms with Gasteiger partial charge < -0.3 is 28.6 Å². The van der Waals surface area contributed by atoms with Gasteiger partial charge in [-0.3, -0.25) is 0 Å². The van der Waals surface area contributed by atoms with Crippen molar-refractivity contribution in [2.24, 2.45) is 0 Å². The number of ether oxygens (including phenoxy) is 5. The van der Waals surface area contributed by atoms with Gasteiger partial charge in [-0.1, -0.05) is 24.3 Å². The van der Waals surface area contributed by atoms with E-state index in [0.29, 0.717) is 36.0 Å². The molecular formula is C26H29NO7. The third-order valence-corrected chi connectivity index (χ3v) is 5.42. The first-order valence-electron chi connectivity index (χ1n) is 10.8. The van der Waals surface area contributed by atoms with Gasteiger partial charge in [-0.15, -0.1) is 0 Å². The standard InChI is InChI=1S/C26H29NO7/c1-6-34-21-10-8-7-9-18(21)24-19(25(28)32-4)15-27(16-20(24)26(29)33-5)14-17-11-12-22(30-2)23(13-17)31-3/h7-13,15-16,24H,6,14H2,1-5H3. The van der Waals surface area contributed by atoms with Gasteiger partial charge in [0.05, 0.1) is 52.1 Å². The molecule has 0 atom stereocenters. The van der Waals surface area contributed by atoms with E-state index in [2.05, 4.69) is 0 Å². The number of carbonyl (C=O) groups is 2. The van der Waals surface area contributed by atoms with Crippen molar-refractivity contribution in [1.82, 2.24) is 4.90 Å². The molecule has 2 aromatic rings. The van der Waals surface area contributed by atoms with E-state index in [-0.39, 0.29) is 11.1 Å². The van der Waals surface area contributed by atoms with Crippen molar-refractivity contribution in [3.05, 3.63) is 77.1 Å². The van der Waals surface area contributed by atoms with Crippen LogP contribution in [0.4, 0.5) is 0 Å². The summed E-state index contributed by atoms with van der Waals surface area (Å²) in [6.45, 7) is 2.67. The predicted octanol–water partition coefficient (Wildman–Crippen LogP) is 3.82. The summed E-state index contributed by atoms with van der Waals surface area (Å²) in [6.07, 6.45) is 3.37. The molecule has 8 heteroatoms. The van der Waals surface area contributed by atoms with Crippen molar-refractivity contribution >= 4 is 11.9 Å². The second-order valence-electron chi connectivity index (χ2n) is 7.42. The largest absolute Gasteiger partial charge is 0.494 e. The maximum absolute atomic E-state index is 12.9. The van der Waals surface area contributed by atoms with Crippen LogP contribution in [0.2, 0.25) is 0 Å². The first-order chi connectivity index (χ1) is 16.5. The van der Waals surface area contributed by atoms with Crippen molar-refractivity contribution in [1.29, 1.82) is 0 Å². The highest BCUT2D eigenvalue weighted by Crippen LogP contribution is 2.41. The fraction of sp³-hybridized carbons (Fsp3) is 0.308. The summed E-state index contributed by atoms with van der Waals surface area (Å²) in [6, 6.07) is 12.8. The summed E-state index contributed by atoms with van der Waals surface area (Å²) < 4.78 is 26.6. The molecule has 0 aliphatic carbocycles. The lowest BCUT2D eigenvalue weighted by Gasteiger charge is -2.31. The molecule has 0 aromatic heterocycles. The van der Waals surface area contributed by atoms with E-state index in [0.717, 1.165) is 5.56 Å². The third-order valence-electron chi connectivity index (χ3n) is 5.42. The lowest BCUT2D eigenvalue weighted by Crippen LogP contribution is -2.29. The van der Waals surface area contributed by atoms with Gasteiger partial charge in [-0.2, -0.15) is 0 Å². The molecule has 34 heavy (non-hydrogen) atoms. The Morgan fingerprint density at radius 2 is 1.44 bits per heavy atom. The van der Waals surface area contributed by atoms with Gasteiger partial charge >= 0.3 is 11.9 Å². The van der Waals surface area contributed by atoms with Crippen LogP contribution in [0.5, 0.6) is 17.2 Å². The highest BCUT2D eigenvalue weighted by molar-refractivity contribution is 5.98. The zero-order valence-electron chi connectivity index (χ0n) is 20.0. The third kappa shape index (κ3) is 5.17. The van der Waals surface area contributed by atoms with Crippen LogP contribution in [0.3, 0.4) is 0 Å². The Morgan fingerprint density at radius 3 is 2.00 bits per heavy atom. The molecule has 180 valence electrons. The number of para-hydroxylation sites is 1. The summed E-state index contributed by atoms with van der Waals surface area (Å²) in [4.78, 5) is 27.5. The molecule has 0 N–H and O–H groups in total. The molecule has 0 saturated heterocycles. The number of methoxy groups -OCH3 is 4. The van der Waals surface area contributed by atoms with E-state index < -0.39 is 17.9 Å². The number of carbonyl (C=O) groups excluding carboxylic acids is 2. The average Bonchev–Trinajstić information content (AvgIpc) is 2.87. The Balaban J connectivity index is 2.09. The van der Waals surface area contributed by atoms with Gasteiger partial charge in [-0.05, 0) is 30.7 Å². The summed E-state index contributed by atoms with van der Waals surface area (Å²) in [5.74, 6) is -0.0626. The van der Waals surface area contributed by atoms with Gasteiger partial charge in [-0.25, -0.2) is 9.59 Å². The highest BCUT2D eigenvalue weighted by atomic mass is 16.5. The summed E-state index contributed by atoms with van der Waals surface area (Å²) in [5.41, 5.74) is 2.13. The average molecular weight is 468 g/mol. The van der Waals surface area contributed by atoms with E-state index in [1.54, 1.807) is 43.7 Å². The zero-order chi connectivity index (χ0) is 24.7. The molecular weight excluding hydrogens is 438 g/mol. The predicted molar refractivity (Wildman–Crippen MR) is 126 cm³/mol. The van der Waals surface area contributed by atoms with Crippen LogP contribution >= 0.6 is 0 Å². The van der Waals surface area contributed by atoms with Crippen LogP contribution in [-0.4, -0.2) is 51.9 Å². The second-order valence-corrected chi connectivity index (χ2v) is 7.42. The van der Waals surface area contributed by atoms with E-state index >= 15 is 0 Å². The molecule has 0 unspecified atom stereocenters. The molecule has 3 rings (SSSR count). The monoisotopic (exact) mass is 467 g/mol. The van der Waals surface area contributed by atoms with E-state index in [1.807, 2.05) is 37.3 Å². The Bertz CT molecular complexity index is 1070. The lowest BCUT2D eigenvalue weighted by molar-refractivity contribution is -0.137. The normalized spacial score (nSPS) is 13.5. The number of hydrogen-bond acceptors (Lipinski definition) is 8. The number of rotatable bonds is 9. The molecule has 2 aromatic carbocycles. The maximum atomic E-state index is 12.9. The van der Waals surface area contributed by atoms with Crippen LogP contribution in [0.15, 0.2) is 66.0 Å². The van der Waals surface area contributed by atoms with Crippen LogP contribution in [-0.2, 0) is 25.6 Å². The first kappa shape index (κ1) is 24.7. The van der Waals surface area contributed by atoms with Crippen molar-refractivity contribution in [2.75, 3.05) is 35.0 Å². The molecule has 0 fully saturated rings. The lowest BCUT2D eigenvalue weighted by atomic mass is 9.82. The summed E-state index contributed by atoms with van der Waals surface area (Å²) >= 11 is 0. The van der Waals surface area contributed by atoms with Crippen LogP contribution in [0.25, 0.3) is 0 Å². The number of esters is 2. The minimum Gasteiger partial charge on any atom is -0.494 e. The van der Waals surface area contributed by atoms with Crippen LogP contribution < -0.4 is 14.2 Å². The number of hydrogen-bond donors (Lipinski definition) is 0. The minimum atomic E-state index is -0.718. The zero-order valence-corrected chi connectivity index (χ0v) is 20.0. The van der Waals surface area contributed by atoms with Crippen molar-refractivity contribution in [3.63, 3.8) is 0 Å². The quantitative estimate of drug-likeness (QED) is 0.515. The van der Waals surface area contributed by atoms with Gasteiger partial charge in [0.1, 0.15) is 5.75 Å². The molecule has 1 aliphatic heterocycles. The SMILES string of the molecule is CCOc1ccccc1C1C(C(=O)OC)=CN(Cc2ccc(OC)c(OC)c2)C=C1C(=O)OC. The van der Waals surface area contributed by atoms with Crippen LogP contribution in [0.1, 0.15) is 24.0 Å². The van der Waals surface area contributed by atoms with E-state index in [4.69, 9.17) is 23.7 Å². The summed E-state index contributed by atoms with van der Waals surface area (Å²) in [5, 5.41) is 0. The van der Waals surface area contributed by atoms with Gasteiger partial charge in [0.2, 0.25) is 0 Å². The molecule has 0 spiro atoms. The molecule has 0 bridgehead atoms. The smallest absolute Gasteiger partial charge is 0.336 e. The van der Waals surface area contributed by atoms with Gasteiger partial charge in [0, 0.05) is 24.5 Å². The summed E-state index contributed by atoms with van der Waals surface area (Å²) in [7, 11) is 5.75. The molecule has 0 saturated carbocycles. The van der Waals surface area contributed by atoms with Crippen molar-refractivity contribution in [3.8, 4) is 17.2 Å². The Kier molecular flexibility index (Phi) is 8.19. The number of benzene rings is 2. The topological polar surface area (TPSA) is 83.5 Å². The number of nitrogens with zero attached hydrogens (tertiary/aromatic N) is 1. The molecule has 0 radical (unpaired) electrons. The van der Waals surface area contributed by atoms with Gasteiger partial charge in [0.15, 0.2) is 11.5 Å². The Labute approximate surface area is 199 Å². The molecule has 8 nitrogen and oxygen atoms in total. The highest BCUT2D eigenvalue weighted by Gasteiger charge is 2.36. The Hall–Kier alpha value is -3.94. The van der Waals surface area contributed by atoms with Crippen molar-refractivity contribution in [2.45, 2.75) is 19.4 Å².